The van der Waals surface area contributed by atoms with Crippen molar-refractivity contribution in [3.8, 4) is 11.1 Å². The van der Waals surface area contributed by atoms with Crippen LogP contribution >= 0.6 is 11.3 Å². The van der Waals surface area contributed by atoms with Crippen molar-refractivity contribution in [2.45, 2.75) is 44.4 Å². The summed E-state index contributed by atoms with van der Waals surface area (Å²) in [7, 11) is -4.14. The Kier molecular flexibility index (Phi) is 8.21. The molecule has 0 bridgehead atoms. The molecule has 0 atom stereocenters. The van der Waals surface area contributed by atoms with Gasteiger partial charge >= 0.3 is 0 Å². The highest BCUT2D eigenvalue weighted by molar-refractivity contribution is 7.92. The molecule has 0 aliphatic rings. The number of sulfonamides is 1. The van der Waals surface area contributed by atoms with Gasteiger partial charge in [-0.3, -0.25) is 4.79 Å². The SMILES string of the molecule is CCc1nc2c(C)cc(C)cc2n1Cc1ccc(-c2cc(Cc3ccccc3)sc2S(=O)(=O)NC(=O)c2ccccc2)cc1. The smallest absolute Gasteiger partial charge is 0.274 e. The number of hydrogen-bond acceptors (Lipinski definition) is 5. The third-order valence-electron chi connectivity index (χ3n) is 7.67. The Balaban J connectivity index is 1.35. The summed E-state index contributed by atoms with van der Waals surface area (Å²) in [6.07, 6.45) is 1.41. The number of rotatable bonds is 9. The van der Waals surface area contributed by atoms with Gasteiger partial charge in [0.2, 0.25) is 0 Å². The van der Waals surface area contributed by atoms with Gasteiger partial charge in [-0.05, 0) is 65.9 Å². The van der Waals surface area contributed by atoms with E-state index in [9.17, 15) is 13.2 Å². The predicted octanol–water partition coefficient (Wildman–Crippen LogP) is 7.70. The second-order valence-corrected chi connectivity index (χ2v) is 14.0. The van der Waals surface area contributed by atoms with Crippen LogP contribution in [0.2, 0.25) is 0 Å². The minimum atomic E-state index is -4.14. The zero-order chi connectivity index (χ0) is 30.8. The lowest BCUT2D eigenvalue weighted by atomic mass is 10.0. The van der Waals surface area contributed by atoms with Crippen molar-refractivity contribution in [3.05, 3.63) is 142 Å². The van der Waals surface area contributed by atoms with Gasteiger partial charge in [0, 0.05) is 35.4 Å². The molecular formula is C36H33N3O3S2. The van der Waals surface area contributed by atoms with Gasteiger partial charge in [0.25, 0.3) is 15.9 Å². The summed E-state index contributed by atoms with van der Waals surface area (Å²) in [5, 5.41) is 0. The van der Waals surface area contributed by atoms with Gasteiger partial charge in [0.05, 0.1) is 11.0 Å². The van der Waals surface area contributed by atoms with E-state index < -0.39 is 15.9 Å². The van der Waals surface area contributed by atoms with E-state index in [2.05, 4.69) is 42.2 Å². The number of nitrogens with zero attached hydrogens (tertiary/aromatic N) is 2. The van der Waals surface area contributed by atoms with E-state index in [1.807, 2.05) is 60.7 Å². The van der Waals surface area contributed by atoms with Crippen molar-refractivity contribution in [1.29, 1.82) is 0 Å². The summed E-state index contributed by atoms with van der Waals surface area (Å²) < 4.78 is 32.0. The van der Waals surface area contributed by atoms with Crippen LogP contribution in [0.3, 0.4) is 0 Å². The normalized spacial score (nSPS) is 11.6. The molecule has 2 heterocycles. The van der Waals surface area contributed by atoms with Crippen molar-refractivity contribution >= 4 is 38.3 Å². The van der Waals surface area contributed by atoms with Gasteiger partial charge in [-0.15, -0.1) is 11.3 Å². The Hall–Kier alpha value is -4.53. The number of nitrogens with one attached hydrogen (secondary N) is 1. The fourth-order valence-electron chi connectivity index (χ4n) is 5.56. The lowest BCUT2D eigenvalue weighted by Crippen LogP contribution is -2.30. The molecule has 0 aliphatic carbocycles. The number of amides is 1. The van der Waals surface area contributed by atoms with Gasteiger partial charge in [0.1, 0.15) is 10.0 Å². The minimum Gasteiger partial charge on any atom is -0.323 e. The second kappa shape index (κ2) is 12.2. The second-order valence-electron chi connectivity index (χ2n) is 11.0. The van der Waals surface area contributed by atoms with Crippen molar-refractivity contribution in [2.75, 3.05) is 0 Å². The van der Waals surface area contributed by atoms with E-state index in [0.717, 1.165) is 44.8 Å². The average Bonchev–Trinajstić information content (AvgIpc) is 3.60. The molecule has 6 rings (SSSR count). The zero-order valence-corrected chi connectivity index (χ0v) is 26.5. The zero-order valence-electron chi connectivity index (χ0n) is 24.9. The van der Waals surface area contributed by atoms with Crippen molar-refractivity contribution in [1.82, 2.24) is 14.3 Å². The van der Waals surface area contributed by atoms with Crippen molar-refractivity contribution in [2.24, 2.45) is 0 Å². The lowest BCUT2D eigenvalue weighted by molar-refractivity contribution is 0.0981. The maximum atomic E-state index is 13.7. The number of carbonyl (C=O) groups excluding carboxylic acids is 1. The molecule has 1 amide bonds. The Labute approximate surface area is 262 Å². The van der Waals surface area contributed by atoms with Gasteiger partial charge in [-0.1, -0.05) is 85.8 Å². The Morgan fingerprint density at radius 2 is 1.55 bits per heavy atom. The van der Waals surface area contributed by atoms with E-state index in [1.165, 1.54) is 22.5 Å². The summed E-state index contributed by atoms with van der Waals surface area (Å²) in [5.41, 5.74) is 8.32. The number of carbonyl (C=O) groups is 1. The van der Waals surface area contributed by atoms with Crippen LogP contribution in [0.4, 0.5) is 0 Å². The first-order chi connectivity index (χ1) is 21.2. The molecule has 0 radical (unpaired) electrons. The highest BCUT2D eigenvalue weighted by Gasteiger charge is 2.26. The van der Waals surface area contributed by atoms with Gasteiger partial charge in [-0.25, -0.2) is 18.1 Å². The summed E-state index contributed by atoms with van der Waals surface area (Å²) >= 11 is 1.20. The number of hydrogen-bond donors (Lipinski definition) is 1. The molecule has 0 saturated heterocycles. The minimum absolute atomic E-state index is 0.125. The molecule has 222 valence electrons. The van der Waals surface area contributed by atoms with Crippen LogP contribution in [-0.2, 0) is 29.4 Å². The average molecular weight is 620 g/mol. The molecule has 0 saturated carbocycles. The van der Waals surface area contributed by atoms with E-state index in [1.54, 1.807) is 30.3 Å². The summed E-state index contributed by atoms with van der Waals surface area (Å²) in [4.78, 5) is 18.7. The topological polar surface area (TPSA) is 81.1 Å². The van der Waals surface area contributed by atoms with Gasteiger partial charge < -0.3 is 4.57 Å². The first-order valence-electron chi connectivity index (χ1n) is 14.6. The predicted molar refractivity (Wildman–Crippen MR) is 178 cm³/mol. The first kappa shape index (κ1) is 29.5. The fourth-order valence-corrected chi connectivity index (χ4v) is 8.31. The molecule has 0 fully saturated rings. The lowest BCUT2D eigenvalue weighted by Gasteiger charge is -2.11. The number of thiophene rings is 1. The number of aryl methyl sites for hydroxylation is 3. The van der Waals surface area contributed by atoms with Crippen molar-refractivity contribution < 1.29 is 13.2 Å². The molecule has 6 aromatic rings. The van der Waals surface area contributed by atoms with Gasteiger partial charge in [-0.2, -0.15) is 0 Å². The molecule has 0 aliphatic heterocycles. The van der Waals surface area contributed by atoms with Crippen LogP contribution in [-0.4, -0.2) is 23.9 Å². The number of imidazole rings is 1. The fraction of sp³-hybridized carbons (Fsp3) is 0.167. The molecule has 1 N–H and O–H groups in total. The third kappa shape index (κ3) is 6.09. The molecule has 8 heteroatoms. The maximum Gasteiger partial charge on any atom is 0.274 e. The molecule has 6 nitrogen and oxygen atoms in total. The van der Waals surface area contributed by atoms with Crippen LogP contribution in [0.15, 0.2) is 107 Å². The summed E-state index contributed by atoms with van der Waals surface area (Å²) in [6, 6.07) is 32.6. The van der Waals surface area contributed by atoms with E-state index in [4.69, 9.17) is 4.98 Å². The standard InChI is InChI=1S/C36H33N3O3S2/c1-4-33-37-34-25(3)19-24(2)20-32(34)39(33)23-27-15-17-28(18-16-27)31-22-30(21-26-11-7-5-8-12-26)43-36(31)44(41,42)38-35(40)29-13-9-6-10-14-29/h5-20,22H,4,21,23H2,1-3H3,(H,38,40). The highest BCUT2D eigenvalue weighted by Crippen LogP contribution is 2.37. The van der Waals surface area contributed by atoms with Crippen LogP contribution in [0.5, 0.6) is 0 Å². The van der Waals surface area contributed by atoms with E-state index in [0.29, 0.717) is 18.5 Å². The molecule has 4 aromatic carbocycles. The largest absolute Gasteiger partial charge is 0.323 e. The highest BCUT2D eigenvalue weighted by atomic mass is 32.2. The summed E-state index contributed by atoms with van der Waals surface area (Å²) in [6.45, 7) is 6.97. The van der Waals surface area contributed by atoms with E-state index in [-0.39, 0.29) is 9.77 Å². The Morgan fingerprint density at radius 3 is 2.23 bits per heavy atom. The molecule has 0 spiro atoms. The van der Waals surface area contributed by atoms with Crippen LogP contribution in [0, 0.1) is 13.8 Å². The molecule has 2 aromatic heterocycles. The maximum absolute atomic E-state index is 13.7. The van der Waals surface area contributed by atoms with E-state index >= 15 is 0 Å². The van der Waals surface area contributed by atoms with Crippen molar-refractivity contribution in [3.63, 3.8) is 0 Å². The van der Waals surface area contributed by atoms with Crippen LogP contribution in [0.1, 0.15) is 50.2 Å². The molecule has 44 heavy (non-hydrogen) atoms. The van der Waals surface area contributed by atoms with Crippen LogP contribution < -0.4 is 4.72 Å². The Morgan fingerprint density at radius 1 is 0.864 bits per heavy atom. The first-order valence-corrected chi connectivity index (χ1v) is 16.9. The quantitative estimate of drug-likeness (QED) is 0.180. The number of aromatic nitrogens is 2. The number of benzene rings is 4. The number of fused-ring (bicyclic) bond motifs is 1. The Bertz CT molecular complexity index is 2060. The van der Waals surface area contributed by atoms with Crippen LogP contribution in [0.25, 0.3) is 22.2 Å². The molecular weight excluding hydrogens is 587 g/mol. The monoisotopic (exact) mass is 619 g/mol. The summed E-state index contributed by atoms with van der Waals surface area (Å²) in [5.74, 6) is 0.373. The third-order valence-corrected chi connectivity index (χ3v) is 10.7. The van der Waals surface area contributed by atoms with Gasteiger partial charge in [0.15, 0.2) is 0 Å². The molecule has 0 unspecified atom stereocenters.